The molecule has 1 aliphatic rings. The van der Waals surface area contributed by atoms with E-state index in [2.05, 4.69) is 13.5 Å². The third kappa shape index (κ3) is 9.66. The number of piperidine rings is 1. The zero-order valence-electron chi connectivity index (χ0n) is 16.1. The lowest BCUT2D eigenvalue weighted by Crippen LogP contribution is -2.39. The normalized spacial score (nSPS) is 15.2. The fourth-order valence-electron chi connectivity index (χ4n) is 3.34. The van der Waals surface area contributed by atoms with E-state index in [-0.39, 0.29) is 17.8 Å². The lowest BCUT2D eigenvalue weighted by molar-refractivity contribution is -0.151. The third-order valence-corrected chi connectivity index (χ3v) is 5.06. The number of carbonyl (C=O) groups is 2. The van der Waals surface area contributed by atoms with Crippen LogP contribution in [0.1, 0.15) is 84.0 Å². The fraction of sp³-hybridized carbons (Fsp3) is 0.810. The zero-order valence-corrected chi connectivity index (χ0v) is 16.1. The number of rotatable bonds is 13. The molecule has 25 heavy (non-hydrogen) atoms. The van der Waals surface area contributed by atoms with E-state index in [0.717, 1.165) is 12.8 Å². The van der Waals surface area contributed by atoms with Crippen molar-refractivity contribution in [2.75, 3.05) is 19.7 Å². The fourth-order valence-corrected chi connectivity index (χ4v) is 3.34. The maximum absolute atomic E-state index is 12.1. The average molecular weight is 352 g/mol. The summed E-state index contributed by atoms with van der Waals surface area (Å²) >= 11 is 0. The SMILES string of the molecule is C=CC(=O)N1CCC(C(=O)OCCCCCCCCCCCC)CC1. The molecule has 0 aliphatic carbocycles. The third-order valence-electron chi connectivity index (χ3n) is 5.06. The van der Waals surface area contributed by atoms with Crippen LogP contribution in [0.25, 0.3) is 0 Å². The van der Waals surface area contributed by atoms with Gasteiger partial charge in [-0.25, -0.2) is 0 Å². The first kappa shape index (κ1) is 21.7. The van der Waals surface area contributed by atoms with E-state index in [9.17, 15) is 9.59 Å². The Hall–Kier alpha value is -1.32. The van der Waals surface area contributed by atoms with Gasteiger partial charge in [-0.05, 0) is 25.3 Å². The quantitative estimate of drug-likeness (QED) is 0.270. The standard InChI is InChI=1S/C21H37NO3/c1-3-5-6-7-8-9-10-11-12-13-18-25-21(24)19-14-16-22(17-15-19)20(23)4-2/h4,19H,2-3,5-18H2,1H3. The van der Waals surface area contributed by atoms with Crippen molar-refractivity contribution in [1.82, 2.24) is 4.90 Å². The smallest absolute Gasteiger partial charge is 0.309 e. The number of hydrogen-bond donors (Lipinski definition) is 0. The number of unbranched alkanes of at least 4 members (excludes halogenated alkanes) is 9. The molecule has 0 aromatic rings. The number of esters is 1. The molecule has 4 heteroatoms. The maximum atomic E-state index is 12.1. The molecule has 1 rings (SSSR count). The van der Waals surface area contributed by atoms with Gasteiger partial charge in [0.25, 0.3) is 0 Å². The highest BCUT2D eigenvalue weighted by atomic mass is 16.5. The molecule has 1 aliphatic heterocycles. The van der Waals surface area contributed by atoms with E-state index < -0.39 is 0 Å². The zero-order chi connectivity index (χ0) is 18.3. The van der Waals surface area contributed by atoms with Crippen molar-refractivity contribution >= 4 is 11.9 Å². The van der Waals surface area contributed by atoms with Crippen LogP contribution in [-0.4, -0.2) is 36.5 Å². The van der Waals surface area contributed by atoms with E-state index >= 15 is 0 Å². The number of likely N-dealkylation sites (tertiary alicyclic amines) is 1. The molecule has 1 heterocycles. The van der Waals surface area contributed by atoms with E-state index in [4.69, 9.17) is 4.74 Å². The molecule has 4 nitrogen and oxygen atoms in total. The van der Waals surface area contributed by atoms with Gasteiger partial charge in [0.2, 0.25) is 5.91 Å². The second-order valence-electron chi connectivity index (χ2n) is 7.15. The first-order chi connectivity index (χ1) is 12.2. The highest BCUT2D eigenvalue weighted by Gasteiger charge is 2.27. The van der Waals surface area contributed by atoms with E-state index in [1.165, 1.54) is 57.4 Å². The Morgan fingerprint density at radius 2 is 1.48 bits per heavy atom. The Morgan fingerprint density at radius 3 is 2.00 bits per heavy atom. The minimum absolute atomic E-state index is 0.0443. The summed E-state index contributed by atoms with van der Waals surface area (Å²) in [5, 5.41) is 0. The van der Waals surface area contributed by atoms with Crippen LogP contribution in [0, 0.1) is 5.92 Å². The van der Waals surface area contributed by atoms with Crippen LogP contribution in [0.15, 0.2) is 12.7 Å². The summed E-state index contributed by atoms with van der Waals surface area (Å²) in [6.45, 7) is 7.55. The van der Waals surface area contributed by atoms with Crippen LogP contribution in [0.3, 0.4) is 0 Å². The first-order valence-corrected chi connectivity index (χ1v) is 10.3. The van der Waals surface area contributed by atoms with Gasteiger partial charge in [-0.15, -0.1) is 0 Å². The summed E-state index contributed by atoms with van der Waals surface area (Å²) in [6, 6.07) is 0. The van der Waals surface area contributed by atoms with Crippen molar-refractivity contribution in [2.24, 2.45) is 5.92 Å². The molecular weight excluding hydrogens is 314 g/mol. The number of hydrogen-bond acceptors (Lipinski definition) is 3. The van der Waals surface area contributed by atoms with Gasteiger partial charge < -0.3 is 9.64 Å². The number of amides is 1. The Morgan fingerprint density at radius 1 is 0.960 bits per heavy atom. The van der Waals surface area contributed by atoms with Crippen molar-refractivity contribution in [1.29, 1.82) is 0 Å². The molecule has 0 atom stereocenters. The van der Waals surface area contributed by atoms with Crippen molar-refractivity contribution < 1.29 is 14.3 Å². The van der Waals surface area contributed by atoms with Crippen molar-refractivity contribution in [3.05, 3.63) is 12.7 Å². The number of nitrogens with zero attached hydrogens (tertiary/aromatic N) is 1. The predicted molar refractivity (Wildman–Crippen MR) is 102 cm³/mol. The van der Waals surface area contributed by atoms with Crippen molar-refractivity contribution in [2.45, 2.75) is 84.0 Å². The molecule has 1 saturated heterocycles. The number of ether oxygens (including phenoxy) is 1. The van der Waals surface area contributed by atoms with Crippen LogP contribution in [0.4, 0.5) is 0 Å². The summed E-state index contributed by atoms with van der Waals surface area (Å²) in [5.74, 6) is -0.171. The lowest BCUT2D eigenvalue weighted by atomic mass is 9.97. The van der Waals surface area contributed by atoms with Gasteiger partial charge in [0.05, 0.1) is 12.5 Å². The van der Waals surface area contributed by atoms with Crippen LogP contribution in [0.2, 0.25) is 0 Å². The van der Waals surface area contributed by atoms with Gasteiger partial charge in [0.1, 0.15) is 0 Å². The van der Waals surface area contributed by atoms with Crippen LogP contribution in [0.5, 0.6) is 0 Å². The summed E-state index contributed by atoms with van der Waals surface area (Å²) < 4.78 is 5.41. The maximum Gasteiger partial charge on any atom is 0.309 e. The van der Waals surface area contributed by atoms with Crippen molar-refractivity contribution in [3.8, 4) is 0 Å². The first-order valence-electron chi connectivity index (χ1n) is 10.3. The van der Waals surface area contributed by atoms with Crippen LogP contribution < -0.4 is 0 Å². The van der Waals surface area contributed by atoms with Gasteiger partial charge in [-0.3, -0.25) is 9.59 Å². The predicted octanol–water partition coefficient (Wildman–Crippen LogP) is 4.88. The van der Waals surface area contributed by atoms with Gasteiger partial charge in [-0.1, -0.05) is 71.3 Å². The molecule has 0 radical (unpaired) electrons. The molecule has 0 saturated carbocycles. The van der Waals surface area contributed by atoms with Crippen molar-refractivity contribution in [3.63, 3.8) is 0 Å². The van der Waals surface area contributed by atoms with Crippen LogP contribution >= 0.6 is 0 Å². The molecular formula is C21H37NO3. The molecule has 0 N–H and O–H groups in total. The molecule has 144 valence electrons. The Balaban J connectivity index is 1.94. The molecule has 0 aromatic carbocycles. The van der Waals surface area contributed by atoms with Gasteiger partial charge in [0, 0.05) is 13.1 Å². The Labute approximate surface area is 154 Å². The van der Waals surface area contributed by atoms with E-state index in [0.29, 0.717) is 32.5 Å². The Kier molecular flexibility index (Phi) is 12.1. The minimum Gasteiger partial charge on any atom is -0.465 e. The Bertz CT molecular complexity index is 387. The van der Waals surface area contributed by atoms with E-state index in [1.807, 2.05) is 0 Å². The molecule has 0 bridgehead atoms. The van der Waals surface area contributed by atoms with Gasteiger partial charge >= 0.3 is 5.97 Å². The lowest BCUT2D eigenvalue weighted by Gasteiger charge is -2.30. The summed E-state index contributed by atoms with van der Waals surface area (Å²) in [4.78, 5) is 25.3. The molecule has 0 spiro atoms. The van der Waals surface area contributed by atoms with Gasteiger partial charge in [0.15, 0.2) is 0 Å². The molecule has 1 amide bonds. The second kappa shape index (κ2) is 13.9. The van der Waals surface area contributed by atoms with E-state index in [1.54, 1.807) is 4.90 Å². The molecule has 0 aromatic heterocycles. The van der Waals surface area contributed by atoms with Crippen LogP contribution in [-0.2, 0) is 14.3 Å². The number of carbonyl (C=O) groups excluding carboxylic acids is 2. The highest BCUT2D eigenvalue weighted by Crippen LogP contribution is 2.19. The second-order valence-corrected chi connectivity index (χ2v) is 7.15. The summed E-state index contributed by atoms with van der Waals surface area (Å²) in [7, 11) is 0. The molecule has 1 fully saturated rings. The largest absolute Gasteiger partial charge is 0.465 e. The topological polar surface area (TPSA) is 46.6 Å². The minimum atomic E-state index is -0.0818. The highest BCUT2D eigenvalue weighted by molar-refractivity contribution is 5.87. The monoisotopic (exact) mass is 351 g/mol. The summed E-state index contributed by atoms with van der Waals surface area (Å²) in [5.41, 5.74) is 0. The average Bonchev–Trinajstić information content (AvgIpc) is 2.65. The summed E-state index contributed by atoms with van der Waals surface area (Å²) in [6.07, 6.45) is 15.5. The van der Waals surface area contributed by atoms with Gasteiger partial charge in [-0.2, -0.15) is 0 Å². The molecule has 0 unspecified atom stereocenters.